The van der Waals surface area contributed by atoms with Crippen molar-refractivity contribution in [2.45, 2.75) is 19.9 Å². The van der Waals surface area contributed by atoms with Crippen LogP contribution in [-0.2, 0) is 13.0 Å². The van der Waals surface area contributed by atoms with E-state index in [9.17, 15) is 0 Å². The molecule has 3 rings (SSSR count). The molecule has 0 unspecified atom stereocenters. The summed E-state index contributed by atoms with van der Waals surface area (Å²) in [4.78, 5) is 10.9. The molecule has 0 atom stereocenters. The standard InChI is InChI=1S/C14H14N4S2/c1-9-5-11-14(16-7-9)18(8-12(15)19)13(17-11)6-10-3-2-4-20-10/h2-5,7H,6,8H2,1H3,(H2,15,19). The molecule has 2 N–H and O–H groups in total. The van der Waals surface area contributed by atoms with Crippen LogP contribution in [-0.4, -0.2) is 19.5 Å². The van der Waals surface area contributed by atoms with Crippen LogP contribution in [0.3, 0.4) is 0 Å². The quantitative estimate of drug-likeness (QED) is 0.753. The molecule has 3 heterocycles. The van der Waals surface area contributed by atoms with Gasteiger partial charge in [-0.3, -0.25) is 0 Å². The predicted octanol–water partition coefficient (Wildman–Crippen LogP) is 2.68. The van der Waals surface area contributed by atoms with Gasteiger partial charge in [-0.05, 0) is 30.0 Å². The molecular weight excluding hydrogens is 288 g/mol. The highest BCUT2D eigenvalue weighted by Gasteiger charge is 2.13. The van der Waals surface area contributed by atoms with Gasteiger partial charge in [0.05, 0.1) is 11.5 Å². The van der Waals surface area contributed by atoms with Crippen LogP contribution < -0.4 is 5.73 Å². The van der Waals surface area contributed by atoms with Crippen molar-refractivity contribution in [1.82, 2.24) is 14.5 Å². The molecule has 0 radical (unpaired) electrons. The van der Waals surface area contributed by atoms with Gasteiger partial charge in [0.2, 0.25) is 0 Å². The zero-order valence-corrected chi connectivity index (χ0v) is 12.7. The Morgan fingerprint density at radius 1 is 1.50 bits per heavy atom. The summed E-state index contributed by atoms with van der Waals surface area (Å²) >= 11 is 6.76. The number of nitrogens with zero attached hydrogens (tertiary/aromatic N) is 3. The van der Waals surface area contributed by atoms with Gasteiger partial charge in [0.15, 0.2) is 5.65 Å². The van der Waals surface area contributed by atoms with Crippen LogP contribution in [0.5, 0.6) is 0 Å². The van der Waals surface area contributed by atoms with Gasteiger partial charge < -0.3 is 10.3 Å². The minimum Gasteiger partial charge on any atom is -0.392 e. The molecule has 20 heavy (non-hydrogen) atoms. The average Bonchev–Trinajstić information content (AvgIpc) is 2.98. The Hall–Kier alpha value is -1.79. The summed E-state index contributed by atoms with van der Waals surface area (Å²) in [6.45, 7) is 2.49. The fraction of sp³-hybridized carbons (Fsp3) is 0.214. The van der Waals surface area contributed by atoms with Gasteiger partial charge in [-0.25, -0.2) is 9.97 Å². The molecule has 0 saturated carbocycles. The third-order valence-electron chi connectivity index (χ3n) is 3.03. The van der Waals surface area contributed by atoms with Gasteiger partial charge in [0.1, 0.15) is 11.3 Å². The molecule has 0 aliphatic carbocycles. The van der Waals surface area contributed by atoms with Crippen molar-refractivity contribution in [2.24, 2.45) is 5.73 Å². The van der Waals surface area contributed by atoms with Crippen LogP contribution in [0.2, 0.25) is 0 Å². The lowest BCUT2D eigenvalue weighted by Gasteiger charge is -2.06. The minimum atomic E-state index is 0.444. The maximum absolute atomic E-state index is 5.70. The maximum atomic E-state index is 5.70. The molecule has 0 amide bonds. The molecule has 0 saturated heterocycles. The van der Waals surface area contributed by atoms with Crippen LogP contribution in [0.15, 0.2) is 29.8 Å². The van der Waals surface area contributed by atoms with E-state index in [0.717, 1.165) is 29.0 Å². The summed E-state index contributed by atoms with van der Waals surface area (Å²) < 4.78 is 2.01. The summed E-state index contributed by atoms with van der Waals surface area (Å²) in [7, 11) is 0. The molecule has 0 aromatic carbocycles. The lowest BCUT2D eigenvalue weighted by atomic mass is 10.3. The molecule has 6 heteroatoms. The summed E-state index contributed by atoms with van der Waals surface area (Å²) in [6, 6.07) is 6.19. The fourth-order valence-corrected chi connectivity index (χ4v) is 3.01. The van der Waals surface area contributed by atoms with Crippen LogP contribution in [0.1, 0.15) is 16.3 Å². The number of aryl methyl sites for hydroxylation is 1. The number of imidazole rings is 1. The number of hydrogen-bond donors (Lipinski definition) is 1. The van der Waals surface area contributed by atoms with Crippen molar-refractivity contribution in [2.75, 3.05) is 0 Å². The van der Waals surface area contributed by atoms with E-state index in [4.69, 9.17) is 22.9 Å². The van der Waals surface area contributed by atoms with Crippen LogP contribution in [0.25, 0.3) is 11.2 Å². The lowest BCUT2D eigenvalue weighted by molar-refractivity contribution is 0.799. The predicted molar refractivity (Wildman–Crippen MR) is 86.2 cm³/mol. The Labute approximate surface area is 126 Å². The Balaban J connectivity index is 2.10. The Bertz CT molecular complexity index is 759. The van der Waals surface area contributed by atoms with E-state index in [1.807, 2.05) is 29.8 Å². The number of thiocarbonyl (C=S) groups is 1. The van der Waals surface area contributed by atoms with E-state index in [2.05, 4.69) is 16.4 Å². The molecule has 0 aliphatic rings. The summed E-state index contributed by atoms with van der Waals surface area (Å²) in [6.07, 6.45) is 2.62. The van der Waals surface area contributed by atoms with Gasteiger partial charge >= 0.3 is 0 Å². The topological polar surface area (TPSA) is 56.7 Å². The number of nitrogens with two attached hydrogens (primary N) is 1. The molecule has 4 nitrogen and oxygen atoms in total. The molecule has 0 spiro atoms. The smallest absolute Gasteiger partial charge is 0.160 e. The first-order valence-corrected chi connectivity index (χ1v) is 7.55. The zero-order chi connectivity index (χ0) is 14.1. The zero-order valence-electron chi connectivity index (χ0n) is 11.0. The number of pyridine rings is 1. The van der Waals surface area contributed by atoms with E-state index < -0.39 is 0 Å². The molecule has 0 bridgehead atoms. The van der Waals surface area contributed by atoms with E-state index >= 15 is 0 Å². The highest BCUT2D eigenvalue weighted by Crippen LogP contribution is 2.20. The molecular formula is C14H14N4S2. The van der Waals surface area contributed by atoms with E-state index in [1.165, 1.54) is 4.88 Å². The van der Waals surface area contributed by atoms with E-state index in [-0.39, 0.29) is 0 Å². The largest absolute Gasteiger partial charge is 0.392 e. The van der Waals surface area contributed by atoms with Crippen molar-refractivity contribution < 1.29 is 0 Å². The number of fused-ring (bicyclic) bond motifs is 1. The third-order valence-corrected chi connectivity index (χ3v) is 4.03. The lowest BCUT2D eigenvalue weighted by Crippen LogP contribution is -2.18. The Morgan fingerprint density at radius 3 is 3.05 bits per heavy atom. The van der Waals surface area contributed by atoms with Crippen LogP contribution in [0, 0.1) is 6.92 Å². The van der Waals surface area contributed by atoms with Gasteiger partial charge in [-0.2, -0.15) is 0 Å². The summed E-state index contributed by atoms with van der Waals surface area (Å²) in [5.74, 6) is 0.952. The minimum absolute atomic E-state index is 0.444. The number of hydrogen-bond acceptors (Lipinski definition) is 4. The molecule has 0 aliphatic heterocycles. The molecule has 102 valence electrons. The third kappa shape index (κ3) is 2.57. The fourth-order valence-electron chi connectivity index (χ4n) is 2.18. The second kappa shape index (κ2) is 5.30. The van der Waals surface area contributed by atoms with Crippen molar-refractivity contribution in [1.29, 1.82) is 0 Å². The van der Waals surface area contributed by atoms with Gasteiger partial charge in [0, 0.05) is 17.5 Å². The normalized spacial score (nSPS) is 11.1. The summed E-state index contributed by atoms with van der Waals surface area (Å²) in [5.41, 5.74) is 8.54. The molecule has 3 aromatic heterocycles. The van der Waals surface area contributed by atoms with Crippen LogP contribution >= 0.6 is 23.6 Å². The van der Waals surface area contributed by atoms with E-state index in [0.29, 0.717) is 11.5 Å². The van der Waals surface area contributed by atoms with Gasteiger partial charge in [-0.15, -0.1) is 11.3 Å². The van der Waals surface area contributed by atoms with Crippen LogP contribution in [0.4, 0.5) is 0 Å². The second-order valence-electron chi connectivity index (χ2n) is 4.69. The highest BCUT2D eigenvalue weighted by molar-refractivity contribution is 7.80. The van der Waals surface area contributed by atoms with Crippen molar-refractivity contribution in [3.05, 3.63) is 46.0 Å². The van der Waals surface area contributed by atoms with Gasteiger partial charge in [-0.1, -0.05) is 18.3 Å². The monoisotopic (exact) mass is 302 g/mol. The first-order chi connectivity index (χ1) is 9.63. The van der Waals surface area contributed by atoms with Crippen molar-refractivity contribution in [3.8, 4) is 0 Å². The molecule has 3 aromatic rings. The van der Waals surface area contributed by atoms with E-state index in [1.54, 1.807) is 11.3 Å². The first-order valence-electron chi connectivity index (χ1n) is 6.26. The maximum Gasteiger partial charge on any atom is 0.160 e. The summed E-state index contributed by atoms with van der Waals surface area (Å²) in [5, 5.41) is 2.07. The van der Waals surface area contributed by atoms with Gasteiger partial charge in [0.25, 0.3) is 0 Å². The van der Waals surface area contributed by atoms with Crippen molar-refractivity contribution >= 4 is 39.7 Å². The SMILES string of the molecule is Cc1cnc2c(c1)nc(Cc1cccs1)n2CC(N)=S. The first kappa shape index (κ1) is 13.2. The Morgan fingerprint density at radius 2 is 2.35 bits per heavy atom. The average molecular weight is 302 g/mol. The Kier molecular flexibility index (Phi) is 3.50. The number of rotatable bonds is 4. The number of aromatic nitrogens is 3. The van der Waals surface area contributed by atoms with Crippen molar-refractivity contribution in [3.63, 3.8) is 0 Å². The second-order valence-corrected chi connectivity index (χ2v) is 6.25. The highest BCUT2D eigenvalue weighted by atomic mass is 32.1. The molecule has 0 fully saturated rings. The number of thiophene rings is 1.